The van der Waals surface area contributed by atoms with Gasteiger partial charge >= 0.3 is 18.4 Å². The third kappa shape index (κ3) is 5.93. The lowest BCUT2D eigenvalue weighted by Gasteiger charge is -2.15. The van der Waals surface area contributed by atoms with E-state index in [1.165, 1.54) is 12.1 Å². The highest BCUT2D eigenvalue weighted by atomic mass is 35.5. The fourth-order valence-electron chi connectivity index (χ4n) is 2.03. The van der Waals surface area contributed by atoms with Gasteiger partial charge in [0.15, 0.2) is 0 Å². The maximum atomic E-state index is 12.8. The Morgan fingerprint density at radius 1 is 0.852 bits per heavy atom. The summed E-state index contributed by atoms with van der Waals surface area (Å²) in [5, 5.41) is 4.76. The normalized spacial score (nSPS) is 12.0. The zero-order chi connectivity index (χ0) is 20.4. The Hall–Kier alpha value is -2.13. The van der Waals surface area contributed by atoms with Gasteiger partial charge < -0.3 is 10.6 Å². The molecule has 0 bridgehead atoms. The molecule has 0 atom stereocenters. The smallest absolute Gasteiger partial charge is 0.334 e. The Bertz CT molecular complexity index is 820. The average molecular weight is 431 g/mol. The maximum Gasteiger partial charge on any atom is 0.416 e. The lowest BCUT2D eigenvalue weighted by Crippen LogP contribution is -2.28. The predicted octanol–water partition coefficient (Wildman–Crippen LogP) is 6.35. The number of carbonyl (C=O) groups excluding carboxylic acids is 1. The zero-order valence-corrected chi connectivity index (χ0v) is 14.6. The van der Waals surface area contributed by atoms with Crippen LogP contribution in [0.1, 0.15) is 16.7 Å². The van der Waals surface area contributed by atoms with Crippen LogP contribution in [0, 0.1) is 0 Å². The molecular formula is C16H10Cl2F6N2O. The number of anilines is 1. The van der Waals surface area contributed by atoms with Gasteiger partial charge in [0.1, 0.15) is 0 Å². The molecule has 0 saturated carbocycles. The summed E-state index contributed by atoms with van der Waals surface area (Å²) in [6.07, 6.45) is -10.0. The minimum absolute atomic E-state index is 0.0290. The Morgan fingerprint density at radius 3 is 1.89 bits per heavy atom. The fraction of sp³-hybridized carbons (Fsp3) is 0.188. The second-order valence-electron chi connectivity index (χ2n) is 5.35. The monoisotopic (exact) mass is 430 g/mol. The molecule has 0 spiro atoms. The quantitative estimate of drug-likeness (QED) is 0.547. The maximum absolute atomic E-state index is 12.8. The van der Waals surface area contributed by atoms with Gasteiger partial charge in [0.2, 0.25) is 0 Å². The minimum Gasteiger partial charge on any atom is -0.334 e. The number of alkyl halides is 6. The van der Waals surface area contributed by atoms with E-state index in [9.17, 15) is 31.1 Å². The molecule has 0 heterocycles. The van der Waals surface area contributed by atoms with Crippen molar-refractivity contribution in [3.63, 3.8) is 0 Å². The summed E-state index contributed by atoms with van der Waals surface area (Å²) in [6.45, 7) is -0.0756. The molecule has 0 aliphatic heterocycles. The van der Waals surface area contributed by atoms with Gasteiger partial charge in [-0.1, -0.05) is 29.3 Å². The van der Waals surface area contributed by atoms with Crippen LogP contribution in [0.4, 0.5) is 36.8 Å². The van der Waals surface area contributed by atoms with Crippen LogP contribution in [-0.2, 0) is 18.9 Å². The van der Waals surface area contributed by atoms with E-state index >= 15 is 0 Å². The van der Waals surface area contributed by atoms with E-state index in [0.717, 1.165) is 0 Å². The Kier molecular flexibility index (Phi) is 6.16. The van der Waals surface area contributed by atoms with Crippen LogP contribution in [0.2, 0.25) is 10.0 Å². The van der Waals surface area contributed by atoms with Crippen LogP contribution in [0.3, 0.4) is 0 Å². The molecule has 2 aromatic rings. The predicted molar refractivity (Wildman–Crippen MR) is 88.8 cm³/mol. The number of urea groups is 1. The van der Waals surface area contributed by atoms with Gasteiger partial charge in [0.05, 0.1) is 21.2 Å². The summed E-state index contributed by atoms with van der Waals surface area (Å²) >= 11 is 11.5. The van der Waals surface area contributed by atoms with Crippen molar-refractivity contribution in [3.05, 3.63) is 63.1 Å². The lowest BCUT2D eigenvalue weighted by atomic mass is 10.1. The van der Waals surface area contributed by atoms with Crippen molar-refractivity contribution in [1.82, 2.24) is 5.32 Å². The second-order valence-corrected chi connectivity index (χ2v) is 6.17. The van der Waals surface area contributed by atoms with E-state index < -0.39 is 35.2 Å². The first-order chi connectivity index (χ1) is 12.4. The van der Waals surface area contributed by atoms with E-state index in [4.69, 9.17) is 23.2 Å². The molecule has 2 N–H and O–H groups in total. The minimum atomic E-state index is -5.01. The van der Waals surface area contributed by atoms with E-state index in [-0.39, 0.29) is 22.7 Å². The highest BCUT2D eigenvalue weighted by Crippen LogP contribution is 2.37. The molecule has 0 saturated heterocycles. The molecule has 2 rings (SSSR count). The average Bonchev–Trinajstić information content (AvgIpc) is 2.54. The number of carbonyl (C=O) groups is 1. The number of nitrogens with one attached hydrogen (secondary N) is 2. The van der Waals surface area contributed by atoms with Crippen LogP contribution in [0.15, 0.2) is 36.4 Å². The fourth-order valence-corrected chi connectivity index (χ4v) is 2.35. The number of benzene rings is 2. The molecule has 0 aromatic heterocycles. The van der Waals surface area contributed by atoms with Gasteiger partial charge in [-0.05, 0) is 35.9 Å². The third-order valence-electron chi connectivity index (χ3n) is 3.28. The molecule has 11 heteroatoms. The summed E-state index contributed by atoms with van der Waals surface area (Å²) < 4.78 is 76.8. The third-order valence-corrected chi connectivity index (χ3v) is 4.02. The Balaban J connectivity index is 2.15. The summed E-state index contributed by atoms with van der Waals surface area (Å²) in [5.74, 6) is 0. The summed E-state index contributed by atoms with van der Waals surface area (Å²) in [4.78, 5) is 11.8. The van der Waals surface area contributed by atoms with E-state index in [1.807, 2.05) is 5.32 Å². The van der Waals surface area contributed by atoms with E-state index in [2.05, 4.69) is 5.32 Å². The lowest BCUT2D eigenvalue weighted by molar-refractivity contribution is -0.143. The van der Waals surface area contributed by atoms with E-state index in [0.29, 0.717) is 17.7 Å². The van der Waals surface area contributed by atoms with Crippen LogP contribution in [0.25, 0.3) is 0 Å². The van der Waals surface area contributed by atoms with Gasteiger partial charge in [-0.2, -0.15) is 26.3 Å². The van der Waals surface area contributed by atoms with Crippen molar-refractivity contribution in [2.75, 3.05) is 5.32 Å². The summed E-state index contributed by atoms with van der Waals surface area (Å²) in [6, 6.07) is 4.27. The van der Waals surface area contributed by atoms with Gasteiger partial charge in [0, 0.05) is 12.2 Å². The van der Waals surface area contributed by atoms with Gasteiger partial charge in [-0.3, -0.25) is 0 Å². The van der Waals surface area contributed by atoms with Crippen LogP contribution < -0.4 is 10.6 Å². The molecule has 0 aliphatic rings. The first-order valence-corrected chi connectivity index (χ1v) is 7.90. The topological polar surface area (TPSA) is 41.1 Å². The first kappa shape index (κ1) is 21.2. The largest absolute Gasteiger partial charge is 0.416 e. The highest BCUT2D eigenvalue weighted by Gasteiger charge is 2.37. The molecule has 0 radical (unpaired) electrons. The molecule has 2 amide bonds. The van der Waals surface area contributed by atoms with Crippen molar-refractivity contribution in [2.24, 2.45) is 0 Å². The van der Waals surface area contributed by atoms with Gasteiger partial charge in [-0.15, -0.1) is 0 Å². The summed E-state index contributed by atoms with van der Waals surface area (Å²) in [5.41, 5.74) is -3.18. The van der Waals surface area contributed by atoms with Crippen molar-refractivity contribution in [3.8, 4) is 0 Å². The first-order valence-electron chi connectivity index (χ1n) is 7.14. The van der Waals surface area contributed by atoms with E-state index in [1.54, 1.807) is 6.07 Å². The molecule has 0 fully saturated rings. The molecule has 27 heavy (non-hydrogen) atoms. The Labute approximate surface area is 159 Å². The van der Waals surface area contributed by atoms with Crippen LogP contribution in [0.5, 0.6) is 0 Å². The van der Waals surface area contributed by atoms with Gasteiger partial charge in [-0.25, -0.2) is 4.79 Å². The molecule has 2 aromatic carbocycles. The molecule has 0 unspecified atom stereocenters. The zero-order valence-electron chi connectivity index (χ0n) is 13.1. The van der Waals surface area contributed by atoms with Crippen molar-refractivity contribution < 1.29 is 31.1 Å². The van der Waals surface area contributed by atoms with Gasteiger partial charge in [0.25, 0.3) is 0 Å². The summed E-state index contributed by atoms with van der Waals surface area (Å²) in [7, 11) is 0. The van der Waals surface area contributed by atoms with Crippen LogP contribution >= 0.6 is 23.2 Å². The Morgan fingerprint density at radius 2 is 1.41 bits per heavy atom. The highest BCUT2D eigenvalue weighted by molar-refractivity contribution is 6.42. The number of hydrogen-bond acceptors (Lipinski definition) is 1. The molecule has 3 nitrogen and oxygen atoms in total. The SMILES string of the molecule is O=C(NCc1ccc(Cl)c(Cl)c1)Nc1cc(C(F)(F)F)cc(C(F)(F)F)c1. The van der Waals surface area contributed by atoms with Crippen LogP contribution in [-0.4, -0.2) is 6.03 Å². The number of rotatable bonds is 3. The molecule has 0 aliphatic carbocycles. The standard InChI is InChI=1S/C16H10Cl2F6N2O/c17-12-2-1-8(3-13(12)18)7-25-14(27)26-11-5-9(15(19,20)21)4-10(6-11)16(22,23)24/h1-6H,7H2,(H2,25,26,27). The number of halogens is 8. The molecule has 146 valence electrons. The van der Waals surface area contributed by atoms with Crippen molar-refractivity contribution in [1.29, 1.82) is 0 Å². The van der Waals surface area contributed by atoms with Crippen molar-refractivity contribution in [2.45, 2.75) is 18.9 Å². The second kappa shape index (κ2) is 7.85. The number of hydrogen-bond donors (Lipinski definition) is 2. The molecular weight excluding hydrogens is 421 g/mol. The number of amides is 2. The van der Waals surface area contributed by atoms with Crippen molar-refractivity contribution >= 4 is 34.9 Å².